The van der Waals surface area contributed by atoms with Crippen LogP contribution in [0, 0.1) is 5.92 Å². The molecule has 0 aromatic heterocycles. The molecule has 0 bridgehead atoms. The van der Waals surface area contributed by atoms with E-state index in [1.807, 2.05) is 30.3 Å². The number of carbonyl (C=O) groups is 3. The Morgan fingerprint density at radius 3 is 2.45 bits per heavy atom. The number of fused-ring (bicyclic) bond motifs is 1. The van der Waals surface area contributed by atoms with Gasteiger partial charge in [-0.15, -0.1) is 0 Å². The fourth-order valence-electron chi connectivity index (χ4n) is 3.62. The van der Waals surface area contributed by atoms with E-state index in [9.17, 15) is 22.8 Å². The number of ether oxygens (including phenoxy) is 1. The average Bonchev–Trinajstić information content (AvgIpc) is 3.19. The molecule has 2 amide bonds. The monoisotopic (exact) mass is 473 g/mol. The first kappa shape index (κ1) is 24.4. The molecule has 0 saturated heterocycles. The smallest absolute Gasteiger partial charge is 0.329 e. The normalized spacial score (nSPS) is 14.0. The minimum absolute atomic E-state index is 0.0204. The number of benzene rings is 2. The fraction of sp³-hybridized carbons (Fsp3) is 0.348. The van der Waals surface area contributed by atoms with Crippen LogP contribution in [0.4, 0.5) is 5.69 Å². The SMILES string of the molecule is CC(C)[C@H](NC(=O)Cc1ccccc1)C(=O)OCC(=O)N1CCc2cc(S(N)(=O)=O)ccc21. The number of carbonyl (C=O) groups excluding carboxylic acids is 3. The number of hydrogen-bond acceptors (Lipinski definition) is 6. The molecule has 9 nitrogen and oxygen atoms in total. The summed E-state index contributed by atoms with van der Waals surface area (Å²) in [5.41, 5.74) is 2.05. The van der Waals surface area contributed by atoms with Crippen LogP contribution in [0.1, 0.15) is 25.0 Å². The van der Waals surface area contributed by atoms with E-state index >= 15 is 0 Å². The maximum atomic E-state index is 12.7. The van der Waals surface area contributed by atoms with Crippen LogP contribution >= 0.6 is 0 Å². The largest absolute Gasteiger partial charge is 0.454 e. The molecule has 1 atom stereocenters. The highest BCUT2D eigenvalue weighted by atomic mass is 32.2. The van der Waals surface area contributed by atoms with Crippen LogP contribution < -0.4 is 15.4 Å². The van der Waals surface area contributed by atoms with Crippen LogP contribution in [0.3, 0.4) is 0 Å². The first-order valence-corrected chi connectivity index (χ1v) is 12.1. The highest BCUT2D eigenvalue weighted by molar-refractivity contribution is 7.89. The first-order valence-electron chi connectivity index (χ1n) is 10.5. The molecular weight excluding hydrogens is 446 g/mol. The molecule has 1 aliphatic rings. The van der Waals surface area contributed by atoms with Gasteiger partial charge >= 0.3 is 5.97 Å². The van der Waals surface area contributed by atoms with Gasteiger partial charge in [0.1, 0.15) is 6.04 Å². The van der Waals surface area contributed by atoms with Crippen molar-refractivity contribution < 1.29 is 27.5 Å². The number of amides is 2. The van der Waals surface area contributed by atoms with Gasteiger partial charge in [-0.05, 0) is 41.7 Å². The summed E-state index contributed by atoms with van der Waals surface area (Å²) in [5, 5.41) is 7.85. The predicted octanol–water partition coefficient (Wildman–Crippen LogP) is 1.15. The molecule has 0 spiro atoms. The molecule has 0 saturated carbocycles. The Kier molecular flexibility index (Phi) is 7.50. The molecule has 2 aromatic rings. The number of nitrogens with one attached hydrogen (secondary N) is 1. The van der Waals surface area contributed by atoms with E-state index in [0.29, 0.717) is 24.2 Å². The van der Waals surface area contributed by atoms with Crippen molar-refractivity contribution in [3.05, 3.63) is 59.7 Å². The Balaban J connectivity index is 1.59. The second-order valence-electron chi connectivity index (χ2n) is 8.19. The number of sulfonamides is 1. The molecule has 3 rings (SSSR count). The summed E-state index contributed by atoms with van der Waals surface area (Å²) in [6.45, 7) is 3.39. The topological polar surface area (TPSA) is 136 Å². The van der Waals surface area contributed by atoms with Crippen molar-refractivity contribution >= 4 is 33.5 Å². The van der Waals surface area contributed by atoms with Crippen LogP contribution in [0.2, 0.25) is 0 Å². The molecule has 0 radical (unpaired) electrons. The van der Waals surface area contributed by atoms with Gasteiger partial charge in [-0.2, -0.15) is 0 Å². The molecule has 2 aromatic carbocycles. The van der Waals surface area contributed by atoms with Gasteiger partial charge < -0.3 is 15.0 Å². The summed E-state index contributed by atoms with van der Waals surface area (Å²) in [6, 6.07) is 12.6. The molecule has 176 valence electrons. The van der Waals surface area contributed by atoms with Gasteiger partial charge in [0.15, 0.2) is 6.61 Å². The lowest BCUT2D eigenvalue weighted by molar-refractivity contribution is -0.152. The number of nitrogens with two attached hydrogens (primary N) is 1. The number of hydrogen-bond donors (Lipinski definition) is 2. The Bertz CT molecular complexity index is 1150. The zero-order valence-corrected chi connectivity index (χ0v) is 19.3. The Labute approximate surface area is 193 Å². The van der Waals surface area contributed by atoms with Crippen molar-refractivity contribution in [2.75, 3.05) is 18.1 Å². The van der Waals surface area contributed by atoms with Crippen molar-refractivity contribution in [3.63, 3.8) is 0 Å². The summed E-state index contributed by atoms with van der Waals surface area (Å²) in [4.78, 5) is 39.1. The predicted molar refractivity (Wildman–Crippen MR) is 122 cm³/mol. The fourth-order valence-corrected chi connectivity index (χ4v) is 4.18. The molecule has 1 aliphatic heterocycles. The van der Waals surface area contributed by atoms with Gasteiger partial charge in [0.05, 0.1) is 11.3 Å². The lowest BCUT2D eigenvalue weighted by Crippen LogP contribution is -2.46. The van der Waals surface area contributed by atoms with Crippen molar-refractivity contribution in [3.8, 4) is 0 Å². The van der Waals surface area contributed by atoms with E-state index in [1.54, 1.807) is 13.8 Å². The minimum atomic E-state index is -3.84. The minimum Gasteiger partial charge on any atom is -0.454 e. The van der Waals surface area contributed by atoms with E-state index in [4.69, 9.17) is 9.88 Å². The second-order valence-corrected chi connectivity index (χ2v) is 9.75. The molecule has 3 N–H and O–H groups in total. The van der Waals surface area contributed by atoms with E-state index in [1.165, 1.54) is 23.1 Å². The summed E-state index contributed by atoms with van der Waals surface area (Å²) in [6.07, 6.45) is 0.587. The van der Waals surface area contributed by atoms with Crippen LogP contribution in [-0.2, 0) is 42.0 Å². The van der Waals surface area contributed by atoms with Crippen molar-refractivity contribution in [1.29, 1.82) is 0 Å². The van der Waals surface area contributed by atoms with Crippen molar-refractivity contribution in [2.45, 2.75) is 37.6 Å². The number of primary sulfonamides is 1. The van der Waals surface area contributed by atoms with E-state index < -0.39 is 34.5 Å². The zero-order chi connectivity index (χ0) is 24.2. The molecule has 0 unspecified atom stereocenters. The first-order chi connectivity index (χ1) is 15.6. The average molecular weight is 474 g/mol. The summed E-state index contributed by atoms with van der Waals surface area (Å²) in [7, 11) is -3.84. The molecule has 33 heavy (non-hydrogen) atoms. The van der Waals surface area contributed by atoms with Gasteiger partial charge in [-0.1, -0.05) is 44.2 Å². The number of nitrogens with zero attached hydrogens (tertiary/aromatic N) is 1. The summed E-state index contributed by atoms with van der Waals surface area (Å²) < 4.78 is 28.3. The highest BCUT2D eigenvalue weighted by Gasteiger charge is 2.29. The maximum Gasteiger partial charge on any atom is 0.329 e. The third-order valence-electron chi connectivity index (χ3n) is 5.36. The lowest BCUT2D eigenvalue weighted by Gasteiger charge is -2.22. The standard InChI is InChI=1S/C23H27N3O6S/c1-15(2)22(25-20(27)12-16-6-4-3-5-7-16)23(29)32-14-21(28)26-11-10-17-13-18(33(24,30)31)8-9-19(17)26/h3-9,13,15,22H,10-12,14H2,1-2H3,(H,25,27)(H2,24,30,31)/t22-/m0/s1. The Morgan fingerprint density at radius 2 is 1.82 bits per heavy atom. The van der Waals surface area contributed by atoms with Gasteiger partial charge in [0.25, 0.3) is 5.91 Å². The summed E-state index contributed by atoms with van der Waals surface area (Å²) in [5.74, 6) is -1.69. The van der Waals surface area contributed by atoms with Crippen molar-refractivity contribution in [1.82, 2.24) is 5.32 Å². The molecule has 1 heterocycles. The lowest BCUT2D eigenvalue weighted by atomic mass is 10.0. The molecule has 10 heteroatoms. The molecule has 0 fully saturated rings. The van der Waals surface area contributed by atoms with E-state index in [-0.39, 0.29) is 23.1 Å². The Morgan fingerprint density at radius 1 is 1.12 bits per heavy atom. The van der Waals surface area contributed by atoms with Gasteiger partial charge in [0.2, 0.25) is 15.9 Å². The third kappa shape index (κ3) is 6.17. The molecule has 0 aliphatic carbocycles. The van der Waals surface area contributed by atoms with Gasteiger partial charge in [-0.3, -0.25) is 9.59 Å². The summed E-state index contributed by atoms with van der Waals surface area (Å²) >= 11 is 0. The Hall–Kier alpha value is -3.24. The van der Waals surface area contributed by atoms with Crippen LogP contribution in [-0.4, -0.2) is 45.4 Å². The highest BCUT2D eigenvalue weighted by Crippen LogP contribution is 2.30. The second kappa shape index (κ2) is 10.1. The van der Waals surface area contributed by atoms with Crippen LogP contribution in [0.5, 0.6) is 0 Å². The quantitative estimate of drug-likeness (QED) is 0.552. The number of rotatable bonds is 8. The van der Waals surface area contributed by atoms with Crippen LogP contribution in [0.15, 0.2) is 53.4 Å². The zero-order valence-electron chi connectivity index (χ0n) is 18.5. The number of esters is 1. The van der Waals surface area contributed by atoms with E-state index in [2.05, 4.69) is 5.32 Å². The van der Waals surface area contributed by atoms with Crippen molar-refractivity contribution in [2.24, 2.45) is 11.1 Å². The van der Waals surface area contributed by atoms with Crippen LogP contribution in [0.25, 0.3) is 0 Å². The van der Waals surface area contributed by atoms with E-state index in [0.717, 1.165) is 5.56 Å². The maximum absolute atomic E-state index is 12.7. The third-order valence-corrected chi connectivity index (χ3v) is 6.27. The molecular formula is C23H27N3O6S. The van der Waals surface area contributed by atoms with Gasteiger partial charge in [-0.25, -0.2) is 18.4 Å². The number of anilines is 1. The van der Waals surface area contributed by atoms with Gasteiger partial charge in [0, 0.05) is 12.2 Å².